The minimum Gasteiger partial charge on any atom is -0.304 e. The number of carbonyl (C=O) groups is 1. The van der Waals surface area contributed by atoms with E-state index in [-0.39, 0.29) is 12.2 Å². The summed E-state index contributed by atoms with van der Waals surface area (Å²) in [5.74, 6) is 5.94. The Morgan fingerprint density at radius 2 is 1.77 bits per heavy atom. The zero-order valence-electron chi connectivity index (χ0n) is 21.8. The molecule has 0 unspecified atom stereocenters. The van der Waals surface area contributed by atoms with Gasteiger partial charge in [-0.2, -0.15) is 13.2 Å². The molecule has 0 aliphatic carbocycles. The number of likely N-dealkylation sites (N-methyl/N-ethyl adjacent to an activating group) is 1. The normalized spacial score (nSPS) is 14.8. The molecule has 39 heavy (non-hydrogen) atoms. The van der Waals surface area contributed by atoms with Crippen LogP contribution in [0.4, 0.5) is 13.2 Å². The van der Waals surface area contributed by atoms with Crippen LogP contribution in [0.1, 0.15) is 43.9 Å². The number of Topliss-reactive ketones (excluding diaryl/α,β-unsaturated/α-hetero) is 1. The van der Waals surface area contributed by atoms with Gasteiger partial charge in [0.2, 0.25) is 0 Å². The van der Waals surface area contributed by atoms with Crippen molar-refractivity contribution in [2.45, 2.75) is 26.1 Å². The third kappa shape index (κ3) is 6.36. The van der Waals surface area contributed by atoms with Gasteiger partial charge in [0.05, 0.1) is 18.0 Å². The first-order valence-electron chi connectivity index (χ1n) is 12.7. The molecule has 1 saturated heterocycles. The summed E-state index contributed by atoms with van der Waals surface area (Å²) in [4.78, 5) is 25.9. The number of carbonyl (C=O) groups excluding carboxylic acids is 1. The van der Waals surface area contributed by atoms with E-state index in [2.05, 4.69) is 31.6 Å². The molecule has 9 heteroatoms. The summed E-state index contributed by atoms with van der Waals surface area (Å²) in [5.41, 5.74) is 3.52. The Morgan fingerprint density at radius 3 is 2.54 bits per heavy atom. The van der Waals surface area contributed by atoms with Gasteiger partial charge in [0.1, 0.15) is 5.69 Å². The zero-order chi connectivity index (χ0) is 27.6. The fraction of sp³-hybridized carbons (Fsp3) is 0.300. The highest BCUT2D eigenvalue weighted by atomic mass is 19.4. The van der Waals surface area contributed by atoms with E-state index in [9.17, 15) is 18.0 Å². The van der Waals surface area contributed by atoms with E-state index in [0.29, 0.717) is 40.1 Å². The zero-order valence-corrected chi connectivity index (χ0v) is 21.8. The SMILES string of the molecule is Cc1ccc(C(=O)Cc2cc(CN3CCN(C)CC3)cc(C(F)(F)F)c2)cc1C#Cc1cnc2cnccn12. The largest absolute Gasteiger partial charge is 0.416 e. The summed E-state index contributed by atoms with van der Waals surface area (Å²) in [6, 6.07) is 9.21. The van der Waals surface area contributed by atoms with Crippen LogP contribution in [0.2, 0.25) is 0 Å². The molecule has 0 amide bonds. The lowest BCUT2D eigenvalue weighted by Crippen LogP contribution is -2.43. The van der Waals surface area contributed by atoms with Crippen LogP contribution in [-0.2, 0) is 19.1 Å². The van der Waals surface area contributed by atoms with Gasteiger partial charge in [-0.25, -0.2) is 4.98 Å². The van der Waals surface area contributed by atoms with Crippen LogP contribution in [0.25, 0.3) is 5.65 Å². The summed E-state index contributed by atoms with van der Waals surface area (Å²) >= 11 is 0. The molecule has 6 nitrogen and oxygen atoms in total. The molecule has 1 aliphatic rings. The number of aryl methyl sites for hydroxylation is 1. The summed E-state index contributed by atoms with van der Waals surface area (Å²) in [6.45, 7) is 5.64. The number of alkyl halides is 3. The highest BCUT2D eigenvalue weighted by Gasteiger charge is 2.31. The average Bonchev–Trinajstić information content (AvgIpc) is 3.32. The number of piperazine rings is 1. The number of nitrogens with zero attached hydrogens (tertiary/aromatic N) is 5. The minimum atomic E-state index is -4.49. The Kier molecular flexibility index (Phi) is 7.51. The van der Waals surface area contributed by atoms with E-state index in [1.807, 2.05) is 18.4 Å². The van der Waals surface area contributed by atoms with Crippen LogP contribution in [-0.4, -0.2) is 63.2 Å². The number of aromatic nitrogens is 3. The fourth-order valence-corrected chi connectivity index (χ4v) is 4.67. The van der Waals surface area contributed by atoms with E-state index in [4.69, 9.17) is 0 Å². The number of fused-ring (bicyclic) bond motifs is 1. The Balaban J connectivity index is 1.38. The monoisotopic (exact) mass is 531 g/mol. The maximum atomic E-state index is 13.7. The van der Waals surface area contributed by atoms with Crippen LogP contribution in [0, 0.1) is 18.8 Å². The second kappa shape index (κ2) is 11.0. The Labute approximate surface area is 225 Å². The average molecular weight is 532 g/mol. The van der Waals surface area contributed by atoms with Crippen molar-refractivity contribution in [3.63, 3.8) is 0 Å². The summed E-state index contributed by atoms with van der Waals surface area (Å²) in [7, 11) is 2.03. The lowest BCUT2D eigenvalue weighted by molar-refractivity contribution is -0.137. The quantitative estimate of drug-likeness (QED) is 0.278. The van der Waals surface area contributed by atoms with E-state index >= 15 is 0 Å². The van der Waals surface area contributed by atoms with E-state index in [0.717, 1.165) is 37.8 Å². The Bertz CT molecular complexity index is 1570. The predicted molar refractivity (Wildman–Crippen MR) is 142 cm³/mol. The van der Waals surface area contributed by atoms with Gasteiger partial charge in [-0.1, -0.05) is 24.1 Å². The minimum absolute atomic E-state index is 0.129. The third-order valence-electron chi connectivity index (χ3n) is 6.95. The molecule has 4 aromatic rings. The van der Waals surface area contributed by atoms with Gasteiger partial charge >= 0.3 is 6.18 Å². The van der Waals surface area contributed by atoms with Crippen molar-refractivity contribution in [3.05, 3.63) is 100 Å². The molecule has 2 aromatic heterocycles. The van der Waals surface area contributed by atoms with Crippen molar-refractivity contribution in [1.29, 1.82) is 0 Å². The van der Waals surface area contributed by atoms with Gasteiger partial charge in [0, 0.05) is 62.7 Å². The van der Waals surface area contributed by atoms with Crippen molar-refractivity contribution in [1.82, 2.24) is 24.2 Å². The molecule has 1 aliphatic heterocycles. The standard InChI is InChI=1S/C30H28F3N5O/c1-21-3-4-25(17-24(21)5-6-27-18-35-29-19-34-7-8-38(27)29)28(39)16-22-13-23(15-26(14-22)30(31,32)33)20-37-11-9-36(2)10-12-37/h3-4,7-8,13-15,17-19H,9-12,16,20H2,1-2H3. The van der Waals surface area contributed by atoms with Crippen LogP contribution in [0.15, 0.2) is 61.2 Å². The van der Waals surface area contributed by atoms with Crippen LogP contribution < -0.4 is 0 Å². The highest BCUT2D eigenvalue weighted by Crippen LogP contribution is 2.31. The van der Waals surface area contributed by atoms with Gasteiger partial charge in [0.15, 0.2) is 11.4 Å². The number of ketones is 1. The maximum absolute atomic E-state index is 13.7. The molecule has 0 atom stereocenters. The molecule has 0 bridgehead atoms. The topological polar surface area (TPSA) is 53.7 Å². The van der Waals surface area contributed by atoms with Crippen molar-refractivity contribution in [3.8, 4) is 11.8 Å². The smallest absolute Gasteiger partial charge is 0.304 e. The van der Waals surface area contributed by atoms with Crippen molar-refractivity contribution in [2.75, 3.05) is 33.2 Å². The third-order valence-corrected chi connectivity index (χ3v) is 6.95. The molecule has 3 heterocycles. The lowest BCUT2D eigenvalue weighted by Gasteiger charge is -2.32. The molecule has 0 radical (unpaired) electrons. The molecular weight excluding hydrogens is 503 g/mol. The second-order valence-corrected chi connectivity index (χ2v) is 9.94. The van der Waals surface area contributed by atoms with Gasteiger partial charge in [-0.05, 0) is 54.8 Å². The van der Waals surface area contributed by atoms with E-state index < -0.39 is 11.7 Å². The Morgan fingerprint density at radius 1 is 1.00 bits per heavy atom. The van der Waals surface area contributed by atoms with Crippen molar-refractivity contribution >= 4 is 11.4 Å². The molecule has 2 aromatic carbocycles. The fourth-order valence-electron chi connectivity index (χ4n) is 4.67. The molecule has 200 valence electrons. The first-order valence-corrected chi connectivity index (χ1v) is 12.7. The highest BCUT2D eigenvalue weighted by molar-refractivity contribution is 5.98. The van der Waals surface area contributed by atoms with Gasteiger partial charge in [-0.3, -0.25) is 19.1 Å². The summed E-state index contributed by atoms with van der Waals surface area (Å²) in [6.07, 6.45) is 2.09. The van der Waals surface area contributed by atoms with E-state index in [1.54, 1.807) is 49.1 Å². The number of imidazole rings is 1. The molecular formula is C30H28F3N5O. The number of benzene rings is 2. The van der Waals surface area contributed by atoms with Gasteiger partial charge in [0.25, 0.3) is 0 Å². The van der Waals surface area contributed by atoms with Crippen LogP contribution in [0.3, 0.4) is 0 Å². The molecule has 1 fully saturated rings. The number of hydrogen-bond donors (Lipinski definition) is 0. The first-order chi connectivity index (χ1) is 18.7. The maximum Gasteiger partial charge on any atom is 0.416 e. The summed E-state index contributed by atoms with van der Waals surface area (Å²) < 4.78 is 42.9. The van der Waals surface area contributed by atoms with E-state index in [1.165, 1.54) is 6.07 Å². The molecule has 0 spiro atoms. The molecule has 5 rings (SSSR count). The van der Waals surface area contributed by atoms with Gasteiger partial charge in [-0.15, -0.1) is 0 Å². The van der Waals surface area contributed by atoms with Crippen LogP contribution in [0.5, 0.6) is 0 Å². The number of hydrogen-bond acceptors (Lipinski definition) is 5. The van der Waals surface area contributed by atoms with Crippen molar-refractivity contribution < 1.29 is 18.0 Å². The second-order valence-electron chi connectivity index (χ2n) is 9.94. The molecule has 0 saturated carbocycles. The molecule has 0 N–H and O–H groups in total. The Hall–Kier alpha value is -4.00. The predicted octanol–water partition coefficient (Wildman–Crippen LogP) is 4.63. The number of halogens is 3. The summed E-state index contributed by atoms with van der Waals surface area (Å²) in [5, 5.41) is 0. The lowest BCUT2D eigenvalue weighted by atomic mass is 9.96. The van der Waals surface area contributed by atoms with Crippen LogP contribution >= 0.6 is 0 Å². The first kappa shape index (κ1) is 26.6. The number of rotatable bonds is 5. The van der Waals surface area contributed by atoms with Crippen molar-refractivity contribution in [2.24, 2.45) is 0 Å². The van der Waals surface area contributed by atoms with Gasteiger partial charge < -0.3 is 4.90 Å².